The molecular formula is C38H36. The zero-order valence-corrected chi connectivity index (χ0v) is 22.4. The Balaban J connectivity index is 1.32. The van der Waals surface area contributed by atoms with Crippen LogP contribution in [0.25, 0.3) is 12.2 Å². The van der Waals surface area contributed by atoms with Crippen molar-refractivity contribution >= 4 is 12.2 Å². The van der Waals surface area contributed by atoms with Gasteiger partial charge in [-0.1, -0.05) is 109 Å². The van der Waals surface area contributed by atoms with E-state index in [1.165, 1.54) is 71.1 Å². The van der Waals surface area contributed by atoms with E-state index in [-0.39, 0.29) is 0 Å². The van der Waals surface area contributed by atoms with Gasteiger partial charge in [0.2, 0.25) is 0 Å². The Morgan fingerprint density at radius 2 is 1.53 bits per heavy atom. The van der Waals surface area contributed by atoms with Gasteiger partial charge in [0, 0.05) is 11.5 Å². The van der Waals surface area contributed by atoms with Gasteiger partial charge in [0.25, 0.3) is 0 Å². The fraction of sp³-hybridized carbons (Fsp3) is 0.263. The van der Waals surface area contributed by atoms with Crippen molar-refractivity contribution in [1.29, 1.82) is 0 Å². The Kier molecular flexibility index (Phi) is 7.02. The summed E-state index contributed by atoms with van der Waals surface area (Å²) >= 11 is 0. The molecule has 188 valence electrons. The van der Waals surface area contributed by atoms with Gasteiger partial charge < -0.3 is 0 Å². The Morgan fingerprint density at radius 3 is 2.26 bits per heavy atom. The first-order valence-electron chi connectivity index (χ1n) is 14.2. The summed E-state index contributed by atoms with van der Waals surface area (Å²) in [5.41, 5.74) is 12.4. The van der Waals surface area contributed by atoms with Gasteiger partial charge in [-0.15, -0.1) is 6.42 Å². The van der Waals surface area contributed by atoms with E-state index in [9.17, 15) is 0 Å². The van der Waals surface area contributed by atoms with Crippen LogP contribution in [0.3, 0.4) is 0 Å². The molecule has 0 amide bonds. The molecule has 1 unspecified atom stereocenters. The summed E-state index contributed by atoms with van der Waals surface area (Å²) in [7, 11) is 0. The van der Waals surface area contributed by atoms with Crippen molar-refractivity contribution in [3.05, 3.63) is 141 Å². The molecule has 38 heavy (non-hydrogen) atoms. The van der Waals surface area contributed by atoms with Crippen LogP contribution in [0.2, 0.25) is 0 Å². The average Bonchev–Trinajstić information content (AvgIpc) is 3.34. The number of hydrogen-bond acceptors (Lipinski definition) is 0. The second-order valence-electron chi connectivity index (χ2n) is 11.2. The van der Waals surface area contributed by atoms with Gasteiger partial charge in [-0.2, -0.15) is 0 Å². The van der Waals surface area contributed by atoms with Gasteiger partial charge in [-0.25, -0.2) is 0 Å². The van der Waals surface area contributed by atoms with Crippen molar-refractivity contribution in [2.45, 2.75) is 51.4 Å². The number of rotatable bonds is 6. The number of allylic oxidation sites excluding steroid dienone is 6. The van der Waals surface area contributed by atoms with Gasteiger partial charge in [0.1, 0.15) is 0 Å². The topological polar surface area (TPSA) is 0 Å². The van der Waals surface area contributed by atoms with Crippen LogP contribution in [0, 0.1) is 24.2 Å². The second kappa shape index (κ2) is 10.9. The highest BCUT2D eigenvalue weighted by atomic mass is 14.4. The maximum atomic E-state index is 6.19. The molecule has 0 saturated heterocycles. The van der Waals surface area contributed by atoms with Gasteiger partial charge >= 0.3 is 0 Å². The van der Waals surface area contributed by atoms with Gasteiger partial charge in [0.15, 0.2) is 0 Å². The number of hydrogen-bond donors (Lipinski definition) is 0. The van der Waals surface area contributed by atoms with Crippen molar-refractivity contribution in [3.8, 4) is 12.3 Å². The minimum absolute atomic E-state index is 0.305. The third kappa shape index (κ3) is 4.75. The quantitative estimate of drug-likeness (QED) is 0.301. The minimum atomic E-state index is 0.305. The normalized spacial score (nSPS) is 22.7. The number of fused-ring (bicyclic) bond motifs is 3. The van der Waals surface area contributed by atoms with Gasteiger partial charge in [0.05, 0.1) is 0 Å². The zero-order valence-electron chi connectivity index (χ0n) is 22.4. The Morgan fingerprint density at radius 1 is 0.842 bits per heavy atom. The van der Waals surface area contributed by atoms with Crippen LogP contribution in [-0.4, -0.2) is 0 Å². The van der Waals surface area contributed by atoms with Crippen LogP contribution in [0.4, 0.5) is 0 Å². The maximum Gasteiger partial charge on any atom is 0.0326 e. The van der Waals surface area contributed by atoms with Crippen LogP contribution >= 0.6 is 0 Å². The lowest BCUT2D eigenvalue weighted by molar-refractivity contribution is 0.297. The predicted octanol–water partition coefficient (Wildman–Crippen LogP) is 9.58. The highest BCUT2D eigenvalue weighted by Gasteiger charge is 2.40. The van der Waals surface area contributed by atoms with Crippen LogP contribution in [0.5, 0.6) is 0 Å². The molecule has 0 aromatic heterocycles. The van der Waals surface area contributed by atoms with Crippen LogP contribution in [0.1, 0.15) is 67.2 Å². The maximum absolute atomic E-state index is 6.19. The summed E-state index contributed by atoms with van der Waals surface area (Å²) in [6.07, 6.45) is 20.5. The van der Waals surface area contributed by atoms with E-state index in [2.05, 4.69) is 116 Å². The summed E-state index contributed by atoms with van der Waals surface area (Å²) < 4.78 is 0. The smallest absolute Gasteiger partial charge is 0.0326 e. The summed E-state index contributed by atoms with van der Waals surface area (Å²) in [6.45, 7) is 2.27. The molecule has 1 fully saturated rings. The molecule has 0 N–H and O–H groups in total. The summed E-state index contributed by atoms with van der Waals surface area (Å²) in [6, 6.07) is 30.6. The molecule has 0 heterocycles. The molecule has 1 atom stereocenters. The molecular weight excluding hydrogens is 456 g/mol. The predicted molar refractivity (Wildman–Crippen MR) is 161 cm³/mol. The fourth-order valence-corrected chi connectivity index (χ4v) is 7.01. The van der Waals surface area contributed by atoms with Crippen molar-refractivity contribution in [2.75, 3.05) is 0 Å². The molecule has 3 aromatic rings. The van der Waals surface area contributed by atoms with Crippen molar-refractivity contribution in [2.24, 2.45) is 11.8 Å². The van der Waals surface area contributed by atoms with Gasteiger partial charge in [-0.3, -0.25) is 0 Å². The lowest BCUT2D eigenvalue weighted by Crippen LogP contribution is -2.25. The standard InChI is InChI=1S/C38H36/c1-3-33-27(2)35(25-30-15-8-5-9-16-30)37(38-34-20-11-10-19-32(34)26-36(33)38)31-23-21-29(22-24-31)18-12-17-28-13-6-4-7-14-28/h1,4-17,19-20,26,29,31,38H,18,21-25H2,2H3. The Labute approximate surface area is 228 Å². The molecule has 0 bridgehead atoms. The third-order valence-corrected chi connectivity index (χ3v) is 8.94. The van der Waals surface area contributed by atoms with E-state index in [1.54, 1.807) is 5.57 Å². The number of terminal acetylenes is 1. The van der Waals surface area contributed by atoms with Gasteiger partial charge in [-0.05, 0) is 102 Å². The highest BCUT2D eigenvalue weighted by Crippen LogP contribution is 2.55. The van der Waals surface area contributed by atoms with E-state index in [0.717, 1.165) is 17.9 Å². The first-order valence-corrected chi connectivity index (χ1v) is 14.2. The van der Waals surface area contributed by atoms with Crippen molar-refractivity contribution in [3.63, 3.8) is 0 Å². The van der Waals surface area contributed by atoms with E-state index in [0.29, 0.717) is 11.8 Å². The average molecular weight is 493 g/mol. The van der Waals surface area contributed by atoms with Crippen LogP contribution in [0.15, 0.2) is 119 Å². The zero-order chi connectivity index (χ0) is 25.9. The Hall–Kier alpha value is -3.82. The lowest BCUT2D eigenvalue weighted by atomic mass is 9.65. The molecule has 3 aromatic carbocycles. The molecule has 0 aliphatic heterocycles. The largest absolute Gasteiger partial charge is 0.115 e. The summed E-state index contributed by atoms with van der Waals surface area (Å²) in [4.78, 5) is 0. The van der Waals surface area contributed by atoms with Crippen molar-refractivity contribution in [1.82, 2.24) is 0 Å². The molecule has 0 heteroatoms. The molecule has 3 aliphatic carbocycles. The minimum Gasteiger partial charge on any atom is -0.115 e. The summed E-state index contributed by atoms with van der Waals surface area (Å²) in [5.74, 6) is 4.80. The summed E-state index contributed by atoms with van der Waals surface area (Å²) in [5, 5.41) is 0. The van der Waals surface area contributed by atoms with Crippen LogP contribution < -0.4 is 0 Å². The third-order valence-electron chi connectivity index (χ3n) is 8.94. The first kappa shape index (κ1) is 24.5. The molecule has 0 spiro atoms. The first-order chi connectivity index (χ1) is 18.7. The fourth-order valence-electron chi connectivity index (χ4n) is 7.01. The van der Waals surface area contributed by atoms with E-state index < -0.39 is 0 Å². The SMILES string of the molecule is C#CC1=C(C)C(Cc2ccccc2)=C(C2CCC(CC=Cc3ccccc3)CC2)C2C1=Cc1ccccc12. The second-order valence-corrected chi connectivity index (χ2v) is 11.2. The highest BCUT2D eigenvalue weighted by molar-refractivity contribution is 5.80. The number of benzene rings is 3. The molecule has 1 saturated carbocycles. The molecule has 6 rings (SSSR count). The van der Waals surface area contributed by atoms with Crippen LogP contribution in [-0.2, 0) is 6.42 Å². The lowest BCUT2D eigenvalue weighted by Gasteiger charge is -2.38. The monoisotopic (exact) mass is 492 g/mol. The van der Waals surface area contributed by atoms with Crippen molar-refractivity contribution < 1.29 is 0 Å². The molecule has 0 radical (unpaired) electrons. The van der Waals surface area contributed by atoms with E-state index in [1.807, 2.05) is 0 Å². The Bertz CT molecular complexity index is 1460. The molecule has 0 nitrogen and oxygen atoms in total. The molecule has 3 aliphatic rings. The van der Waals surface area contributed by atoms with E-state index >= 15 is 0 Å². The van der Waals surface area contributed by atoms with E-state index in [4.69, 9.17) is 6.42 Å².